The van der Waals surface area contributed by atoms with Crippen LogP contribution in [0.25, 0.3) is 10.2 Å². The summed E-state index contributed by atoms with van der Waals surface area (Å²) in [6.07, 6.45) is 3.47. The minimum Gasteiger partial charge on any atom is -0.438 e. The second-order valence-corrected chi connectivity index (χ2v) is 9.73. The summed E-state index contributed by atoms with van der Waals surface area (Å²) in [6.45, 7) is 10.8. The number of fused-ring (bicyclic) bond motifs is 3. The third-order valence-electron chi connectivity index (χ3n) is 6.12. The van der Waals surface area contributed by atoms with Crippen LogP contribution in [-0.4, -0.2) is 41.2 Å². The highest BCUT2D eigenvalue weighted by molar-refractivity contribution is 7.19. The Balaban J connectivity index is 1.52. The van der Waals surface area contributed by atoms with Gasteiger partial charge in [0.1, 0.15) is 16.4 Å². The van der Waals surface area contributed by atoms with Gasteiger partial charge >= 0.3 is 0 Å². The van der Waals surface area contributed by atoms with E-state index in [9.17, 15) is 0 Å². The molecule has 0 N–H and O–H groups in total. The molecule has 3 aromatic rings. The lowest BCUT2D eigenvalue weighted by Gasteiger charge is -2.25. The number of morpholine rings is 1. The van der Waals surface area contributed by atoms with Crippen LogP contribution in [0.3, 0.4) is 0 Å². The molecule has 3 heterocycles. The molecule has 0 radical (unpaired) electrons. The highest BCUT2D eigenvalue weighted by Gasteiger charge is 2.24. The first-order valence-electron chi connectivity index (χ1n) is 11.0. The van der Waals surface area contributed by atoms with Crippen LogP contribution in [0.4, 0.5) is 0 Å². The average Bonchev–Trinajstić information content (AvgIpc) is 3.29. The van der Waals surface area contributed by atoms with E-state index in [1.807, 2.05) is 11.3 Å². The van der Waals surface area contributed by atoms with E-state index in [1.165, 1.54) is 28.0 Å². The summed E-state index contributed by atoms with van der Waals surface area (Å²) in [5.74, 6) is 2.92. The topological polar surface area (TPSA) is 47.5 Å². The van der Waals surface area contributed by atoms with Crippen LogP contribution in [0, 0.1) is 6.92 Å². The Morgan fingerprint density at radius 2 is 2.00 bits per heavy atom. The SMILES string of the molecule is Cc1cc(Oc2nc(CN3CCOCC3)nc3sc4c(c23)CCC4)ccc1C(C)C. The van der Waals surface area contributed by atoms with Gasteiger partial charge in [0.15, 0.2) is 0 Å². The first kappa shape index (κ1) is 19.9. The molecule has 158 valence electrons. The number of benzene rings is 1. The van der Waals surface area contributed by atoms with E-state index in [4.69, 9.17) is 19.4 Å². The predicted molar refractivity (Wildman–Crippen MR) is 121 cm³/mol. The Morgan fingerprint density at radius 3 is 2.77 bits per heavy atom. The maximum atomic E-state index is 6.43. The molecule has 0 bridgehead atoms. The van der Waals surface area contributed by atoms with Crippen molar-refractivity contribution in [2.45, 2.75) is 52.5 Å². The Labute approximate surface area is 182 Å². The molecule has 1 aliphatic carbocycles. The van der Waals surface area contributed by atoms with Crippen molar-refractivity contribution in [3.8, 4) is 11.6 Å². The number of hydrogen-bond donors (Lipinski definition) is 0. The van der Waals surface area contributed by atoms with Crippen LogP contribution in [0.2, 0.25) is 0 Å². The van der Waals surface area contributed by atoms with Gasteiger partial charge in [0.05, 0.1) is 25.1 Å². The Kier molecular flexibility index (Phi) is 5.48. The quantitative estimate of drug-likeness (QED) is 0.562. The number of aryl methyl sites for hydroxylation is 3. The van der Waals surface area contributed by atoms with E-state index in [0.717, 1.165) is 73.4 Å². The smallest absolute Gasteiger partial charge is 0.231 e. The maximum Gasteiger partial charge on any atom is 0.231 e. The van der Waals surface area contributed by atoms with Crippen molar-refractivity contribution in [1.82, 2.24) is 14.9 Å². The lowest BCUT2D eigenvalue weighted by atomic mass is 9.98. The first-order valence-corrected chi connectivity index (χ1v) is 11.8. The first-order chi connectivity index (χ1) is 14.6. The van der Waals surface area contributed by atoms with Gasteiger partial charge < -0.3 is 9.47 Å². The minimum absolute atomic E-state index is 0.505. The molecule has 0 amide bonds. The lowest BCUT2D eigenvalue weighted by Crippen LogP contribution is -2.36. The Bertz CT molecular complexity index is 1070. The van der Waals surface area contributed by atoms with Crippen molar-refractivity contribution in [3.05, 3.63) is 45.6 Å². The van der Waals surface area contributed by atoms with E-state index in [0.29, 0.717) is 5.92 Å². The molecule has 5 nitrogen and oxygen atoms in total. The molecule has 0 saturated carbocycles. The van der Waals surface area contributed by atoms with Gasteiger partial charge in [-0.3, -0.25) is 4.90 Å². The second kappa shape index (κ2) is 8.25. The lowest BCUT2D eigenvalue weighted by molar-refractivity contribution is 0.0330. The summed E-state index contributed by atoms with van der Waals surface area (Å²) in [6, 6.07) is 6.39. The zero-order valence-corrected chi connectivity index (χ0v) is 18.8. The summed E-state index contributed by atoms with van der Waals surface area (Å²) in [4.78, 5) is 14.7. The van der Waals surface area contributed by atoms with Gasteiger partial charge in [-0.2, -0.15) is 4.98 Å². The van der Waals surface area contributed by atoms with E-state index in [1.54, 1.807) is 0 Å². The van der Waals surface area contributed by atoms with Gasteiger partial charge in [0.25, 0.3) is 0 Å². The monoisotopic (exact) mass is 423 g/mol. The molecule has 0 spiro atoms. The third kappa shape index (κ3) is 3.84. The summed E-state index contributed by atoms with van der Waals surface area (Å²) in [5.41, 5.74) is 4.02. The van der Waals surface area contributed by atoms with Crippen molar-refractivity contribution in [2.24, 2.45) is 0 Å². The largest absolute Gasteiger partial charge is 0.438 e. The predicted octanol–water partition coefficient (Wildman–Crippen LogP) is 5.24. The molecule has 2 aliphatic rings. The van der Waals surface area contributed by atoms with E-state index < -0.39 is 0 Å². The van der Waals surface area contributed by atoms with E-state index in [-0.39, 0.29) is 0 Å². The molecule has 0 atom stereocenters. The molecule has 1 saturated heterocycles. The van der Waals surface area contributed by atoms with Crippen LogP contribution >= 0.6 is 11.3 Å². The fourth-order valence-corrected chi connectivity index (χ4v) is 5.85. The summed E-state index contributed by atoms with van der Waals surface area (Å²) < 4.78 is 11.9. The van der Waals surface area contributed by atoms with Gasteiger partial charge in [-0.05, 0) is 60.9 Å². The molecule has 1 aliphatic heterocycles. The van der Waals surface area contributed by atoms with Crippen molar-refractivity contribution in [2.75, 3.05) is 26.3 Å². The van der Waals surface area contributed by atoms with Gasteiger partial charge in [0.2, 0.25) is 5.88 Å². The number of thiophene rings is 1. The standard InChI is InChI=1S/C24H29N3O2S/c1-15(2)18-8-7-17(13-16(18)3)29-23-22-19-5-4-6-20(19)30-24(22)26-21(25-23)14-27-9-11-28-12-10-27/h7-8,13,15H,4-6,9-12,14H2,1-3H3. The van der Waals surface area contributed by atoms with E-state index in [2.05, 4.69) is 43.9 Å². The normalized spacial score (nSPS) is 17.1. The van der Waals surface area contributed by atoms with Crippen molar-refractivity contribution >= 4 is 21.6 Å². The van der Waals surface area contributed by atoms with E-state index >= 15 is 0 Å². The van der Waals surface area contributed by atoms with Gasteiger partial charge in [-0.25, -0.2) is 4.98 Å². The highest BCUT2D eigenvalue weighted by atomic mass is 32.1. The molecule has 30 heavy (non-hydrogen) atoms. The molecular weight excluding hydrogens is 394 g/mol. The zero-order chi connectivity index (χ0) is 20.7. The molecule has 0 unspecified atom stereocenters. The van der Waals surface area contributed by atoms with Crippen molar-refractivity contribution in [1.29, 1.82) is 0 Å². The number of hydrogen-bond acceptors (Lipinski definition) is 6. The summed E-state index contributed by atoms with van der Waals surface area (Å²) >= 11 is 1.82. The Morgan fingerprint density at radius 1 is 1.17 bits per heavy atom. The minimum atomic E-state index is 0.505. The van der Waals surface area contributed by atoms with Gasteiger partial charge in [0, 0.05) is 18.0 Å². The Hall–Kier alpha value is -2.02. The van der Waals surface area contributed by atoms with Crippen molar-refractivity contribution in [3.63, 3.8) is 0 Å². The van der Waals surface area contributed by atoms with Crippen LogP contribution in [0.5, 0.6) is 11.6 Å². The number of aromatic nitrogens is 2. The van der Waals surface area contributed by atoms with Crippen LogP contribution in [-0.2, 0) is 24.1 Å². The second-order valence-electron chi connectivity index (χ2n) is 8.65. The maximum absolute atomic E-state index is 6.43. The number of ether oxygens (including phenoxy) is 2. The average molecular weight is 424 g/mol. The van der Waals surface area contributed by atoms with Gasteiger partial charge in [-0.1, -0.05) is 19.9 Å². The van der Waals surface area contributed by atoms with Gasteiger partial charge in [-0.15, -0.1) is 11.3 Å². The summed E-state index contributed by atoms with van der Waals surface area (Å²) in [7, 11) is 0. The number of rotatable bonds is 5. The molecule has 5 rings (SSSR count). The molecular formula is C24H29N3O2S. The molecule has 6 heteroatoms. The van der Waals surface area contributed by atoms with Crippen LogP contribution in [0.1, 0.15) is 53.6 Å². The number of nitrogens with zero attached hydrogens (tertiary/aromatic N) is 3. The summed E-state index contributed by atoms with van der Waals surface area (Å²) in [5, 5.41) is 1.13. The van der Waals surface area contributed by atoms with Crippen molar-refractivity contribution < 1.29 is 9.47 Å². The molecule has 1 fully saturated rings. The fourth-order valence-electron chi connectivity index (χ4n) is 4.58. The van der Waals surface area contributed by atoms with Crippen LogP contribution in [0.15, 0.2) is 18.2 Å². The molecule has 2 aromatic heterocycles. The highest BCUT2D eigenvalue weighted by Crippen LogP contribution is 2.41. The molecule has 1 aromatic carbocycles. The van der Waals surface area contributed by atoms with Crippen LogP contribution < -0.4 is 4.74 Å². The zero-order valence-electron chi connectivity index (χ0n) is 18.0. The third-order valence-corrected chi connectivity index (χ3v) is 7.31. The fraction of sp³-hybridized carbons (Fsp3) is 0.500.